The number of carbonyl (C=O) groups is 1. The first-order chi connectivity index (χ1) is 11.9. The summed E-state index contributed by atoms with van der Waals surface area (Å²) in [6.45, 7) is 9.27. The van der Waals surface area contributed by atoms with Crippen molar-refractivity contribution in [1.29, 1.82) is 0 Å². The Morgan fingerprint density at radius 2 is 1.92 bits per heavy atom. The number of hydrogen-bond acceptors (Lipinski definition) is 3. The highest BCUT2D eigenvalue weighted by Crippen LogP contribution is 2.38. The number of rotatable bonds is 5. The molecule has 25 heavy (non-hydrogen) atoms. The van der Waals surface area contributed by atoms with Crippen molar-refractivity contribution in [3.05, 3.63) is 30.0 Å². The van der Waals surface area contributed by atoms with E-state index in [2.05, 4.69) is 21.4 Å². The molecule has 5 heteroatoms. The second-order valence-electron chi connectivity index (χ2n) is 8.29. The van der Waals surface area contributed by atoms with Crippen molar-refractivity contribution in [1.82, 2.24) is 20.0 Å². The van der Waals surface area contributed by atoms with Crippen LogP contribution < -0.4 is 5.32 Å². The SMILES string of the molecule is Cc1nn(C(C)(C)C(=O)NC2(CN3CCCC3)CC2)c2ccccc12. The van der Waals surface area contributed by atoms with Crippen LogP contribution in [0.4, 0.5) is 0 Å². The Balaban J connectivity index is 1.56. The van der Waals surface area contributed by atoms with Crippen molar-refractivity contribution >= 4 is 16.8 Å². The predicted octanol–water partition coefficient (Wildman–Crippen LogP) is 2.82. The van der Waals surface area contributed by atoms with Crippen LogP contribution in [0, 0.1) is 6.92 Å². The number of benzene rings is 1. The van der Waals surface area contributed by atoms with Gasteiger partial charge in [-0.1, -0.05) is 18.2 Å². The lowest BCUT2D eigenvalue weighted by Crippen LogP contribution is -2.53. The van der Waals surface area contributed by atoms with Crippen molar-refractivity contribution in [2.45, 2.75) is 57.5 Å². The van der Waals surface area contributed by atoms with Crippen LogP contribution in [0.15, 0.2) is 24.3 Å². The van der Waals surface area contributed by atoms with Gasteiger partial charge < -0.3 is 10.2 Å². The second-order valence-corrected chi connectivity index (χ2v) is 8.29. The summed E-state index contributed by atoms with van der Waals surface area (Å²) in [4.78, 5) is 15.7. The minimum absolute atomic E-state index is 0.0172. The number of likely N-dealkylation sites (tertiary alicyclic amines) is 1. The van der Waals surface area contributed by atoms with E-state index in [0.29, 0.717) is 0 Å². The van der Waals surface area contributed by atoms with E-state index >= 15 is 0 Å². The summed E-state index contributed by atoms with van der Waals surface area (Å²) in [7, 11) is 0. The van der Waals surface area contributed by atoms with Gasteiger partial charge in [-0.2, -0.15) is 5.10 Å². The Morgan fingerprint density at radius 3 is 2.60 bits per heavy atom. The molecule has 1 N–H and O–H groups in total. The Labute approximate surface area is 149 Å². The molecule has 1 saturated heterocycles. The molecule has 0 spiro atoms. The Morgan fingerprint density at radius 1 is 1.24 bits per heavy atom. The lowest BCUT2D eigenvalue weighted by atomic mass is 10.0. The number of carbonyl (C=O) groups excluding carboxylic acids is 1. The number of hydrogen-bond donors (Lipinski definition) is 1. The molecule has 2 fully saturated rings. The normalized spacial score (nSPS) is 20.1. The summed E-state index contributed by atoms with van der Waals surface area (Å²) in [6.07, 6.45) is 4.75. The number of aryl methyl sites for hydroxylation is 1. The third-order valence-electron chi connectivity index (χ3n) is 5.81. The summed E-state index contributed by atoms with van der Waals surface area (Å²) in [5.41, 5.74) is 1.25. The zero-order valence-electron chi connectivity index (χ0n) is 15.5. The van der Waals surface area contributed by atoms with Gasteiger partial charge in [0.1, 0.15) is 5.54 Å². The number of fused-ring (bicyclic) bond motifs is 1. The highest BCUT2D eigenvalue weighted by atomic mass is 16.2. The smallest absolute Gasteiger partial charge is 0.247 e. The molecule has 134 valence electrons. The van der Waals surface area contributed by atoms with Crippen molar-refractivity contribution < 1.29 is 4.79 Å². The van der Waals surface area contributed by atoms with Crippen molar-refractivity contribution in [2.24, 2.45) is 0 Å². The quantitative estimate of drug-likeness (QED) is 0.910. The molecule has 2 heterocycles. The summed E-state index contributed by atoms with van der Waals surface area (Å²) < 4.78 is 1.89. The molecule has 0 atom stereocenters. The van der Waals surface area contributed by atoms with Crippen LogP contribution in [-0.4, -0.2) is 45.8 Å². The largest absolute Gasteiger partial charge is 0.347 e. The topological polar surface area (TPSA) is 50.2 Å². The van der Waals surface area contributed by atoms with Gasteiger partial charge in [0.15, 0.2) is 0 Å². The van der Waals surface area contributed by atoms with Crippen molar-refractivity contribution in [3.63, 3.8) is 0 Å². The van der Waals surface area contributed by atoms with Crippen LogP contribution in [0.3, 0.4) is 0 Å². The van der Waals surface area contributed by atoms with E-state index in [9.17, 15) is 4.79 Å². The second kappa shape index (κ2) is 5.84. The number of para-hydroxylation sites is 1. The first-order valence-electron chi connectivity index (χ1n) is 9.41. The van der Waals surface area contributed by atoms with Gasteiger partial charge in [-0.15, -0.1) is 0 Å². The minimum Gasteiger partial charge on any atom is -0.347 e. The average Bonchev–Trinajstić information content (AvgIpc) is 2.99. The van der Waals surface area contributed by atoms with E-state index in [0.717, 1.165) is 36.0 Å². The van der Waals surface area contributed by atoms with E-state index in [1.54, 1.807) is 0 Å². The highest BCUT2D eigenvalue weighted by molar-refractivity contribution is 5.88. The minimum atomic E-state index is -0.714. The lowest BCUT2D eigenvalue weighted by molar-refractivity contribution is -0.129. The van der Waals surface area contributed by atoms with E-state index in [1.165, 1.54) is 25.9 Å². The summed E-state index contributed by atoms with van der Waals surface area (Å²) >= 11 is 0. The van der Waals surface area contributed by atoms with Gasteiger partial charge in [-0.05, 0) is 65.6 Å². The van der Waals surface area contributed by atoms with Crippen molar-refractivity contribution in [2.75, 3.05) is 19.6 Å². The molecule has 4 rings (SSSR count). The molecule has 0 radical (unpaired) electrons. The van der Waals surface area contributed by atoms with Crippen molar-refractivity contribution in [3.8, 4) is 0 Å². The third kappa shape index (κ3) is 2.95. The molecule has 2 aromatic rings. The van der Waals surface area contributed by atoms with Crippen LogP contribution in [0.2, 0.25) is 0 Å². The average molecular weight is 340 g/mol. The molecular formula is C20H28N4O. The van der Waals surface area contributed by atoms with Crippen LogP contribution in [0.1, 0.15) is 45.2 Å². The molecule has 1 amide bonds. The monoisotopic (exact) mass is 340 g/mol. The Bertz CT molecular complexity index is 797. The van der Waals surface area contributed by atoms with Gasteiger partial charge in [0.2, 0.25) is 5.91 Å². The maximum Gasteiger partial charge on any atom is 0.247 e. The van der Waals surface area contributed by atoms with Crippen LogP contribution in [-0.2, 0) is 10.3 Å². The fraction of sp³-hybridized carbons (Fsp3) is 0.600. The molecule has 1 saturated carbocycles. The zero-order chi connectivity index (χ0) is 17.7. The molecule has 1 aliphatic heterocycles. The molecule has 5 nitrogen and oxygen atoms in total. The fourth-order valence-electron chi connectivity index (χ4n) is 3.98. The number of nitrogens with zero attached hydrogens (tertiary/aromatic N) is 3. The van der Waals surface area contributed by atoms with Crippen LogP contribution in [0.5, 0.6) is 0 Å². The Hall–Kier alpha value is -1.88. The van der Waals surface area contributed by atoms with E-state index < -0.39 is 5.54 Å². The predicted molar refractivity (Wildman–Crippen MR) is 99.6 cm³/mol. The third-order valence-corrected chi connectivity index (χ3v) is 5.81. The molecule has 1 aliphatic carbocycles. The van der Waals surface area contributed by atoms with E-state index in [4.69, 9.17) is 0 Å². The maximum atomic E-state index is 13.2. The standard InChI is InChI=1S/C20H28N4O/c1-15-16-8-4-5-9-17(16)24(22-15)19(2,3)18(25)21-20(10-11-20)14-23-12-6-7-13-23/h4-5,8-9H,6-7,10-14H2,1-3H3,(H,21,25). The summed E-state index contributed by atoms with van der Waals surface area (Å²) in [5, 5.41) is 9.16. The molecule has 1 aromatic carbocycles. The number of nitrogens with one attached hydrogen (secondary N) is 1. The summed E-state index contributed by atoms with van der Waals surface area (Å²) in [5.74, 6) is 0.0671. The molecular weight excluding hydrogens is 312 g/mol. The first kappa shape index (κ1) is 16.6. The fourth-order valence-corrected chi connectivity index (χ4v) is 3.98. The zero-order valence-corrected chi connectivity index (χ0v) is 15.5. The van der Waals surface area contributed by atoms with Gasteiger partial charge in [-0.3, -0.25) is 4.79 Å². The highest BCUT2D eigenvalue weighted by Gasteiger charge is 2.48. The number of amides is 1. The summed E-state index contributed by atoms with van der Waals surface area (Å²) in [6, 6.07) is 8.13. The van der Waals surface area contributed by atoms with Crippen LogP contribution >= 0.6 is 0 Å². The van der Waals surface area contributed by atoms with Gasteiger partial charge in [-0.25, -0.2) is 4.68 Å². The van der Waals surface area contributed by atoms with Crippen LogP contribution in [0.25, 0.3) is 10.9 Å². The van der Waals surface area contributed by atoms with E-state index in [-0.39, 0.29) is 11.4 Å². The molecule has 2 aliphatic rings. The van der Waals surface area contributed by atoms with Gasteiger partial charge in [0.25, 0.3) is 0 Å². The van der Waals surface area contributed by atoms with Gasteiger partial charge in [0.05, 0.1) is 16.7 Å². The lowest BCUT2D eigenvalue weighted by Gasteiger charge is -2.30. The molecule has 1 aromatic heterocycles. The maximum absolute atomic E-state index is 13.2. The van der Waals surface area contributed by atoms with E-state index in [1.807, 2.05) is 43.7 Å². The molecule has 0 bridgehead atoms. The van der Waals surface area contributed by atoms with Gasteiger partial charge >= 0.3 is 0 Å². The number of aromatic nitrogens is 2. The first-order valence-corrected chi connectivity index (χ1v) is 9.41. The molecule has 0 unspecified atom stereocenters. The Kier molecular flexibility index (Phi) is 3.87. The van der Waals surface area contributed by atoms with Gasteiger partial charge in [0, 0.05) is 11.9 Å².